The summed E-state index contributed by atoms with van der Waals surface area (Å²) in [7, 11) is 0. The molecule has 0 aromatic heterocycles. The molecule has 0 saturated carbocycles. The zero-order valence-corrected chi connectivity index (χ0v) is 11.3. The summed E-state index contributed by atoms with van der Waals surface area (Å²) in [6, 6.07) is 4.60. The smallest absolute Gasteiger partial charge is 0.165 e. The van der Waals surface area contributed by atoms with Gasteiger partial charge in [0.1, 0.15) is 13.2 Å². The minimum absolute atomic E-state index is 0.573. The van der Waals surface area contributed by atoms with E-state index in [2.05, 4.69) is 27.3 Å². The normalized spacial score (nSPS) is 22.8. The van der Waals surface area contributed by atoms with E-state index >= 15 is 0 Å². The number of hydrogen-bond donors (Lipinski definition) is 1. The Morgan fingerprint density at radius 1 is 1.29 bits per heavy atom. The maximum absolute atomic E-state index is 5.76. The molecule has 1 aromatic rings. The second-order valence-electron chi connectivity index (χ2n) is 4.55. The Labute approximate surface area is 110 Å². The van der Waals surface area contributed by atoms with Gasteiger partial charge in [0, 0.05) is 16.1 Å². The Balaban J connectivity index is 1.90. The fraction of sp³-hybridized carbons (Fsp3) is 0.538. The lowest BCUT2D eigenvalue weighted by Gasteiger charge is -2.23. The van der Waals surface area contributed by atoms with Crippen molar-refractivity contribution in [2.45, 2.75) is 25.3 Å². The van der Waals surface area contributed by atoms with Gasteiger partial charge in [0.25, 0.3) is 0 Å². The SMILES string of the molecule is Brc1ccc2c(c1CC1CCCN1)OCCO2. The van der Waals surface area contributed by atoms with Crippen LogP contribution in [0.1, 0.15) is 18.4 Å². The van der Waals surface area contributed by atoms with E-state index in [1.54, 1.807) is 0 Å². The van der Waals surface area contributed by atoms with Gasteiger partial charge in [-0.25, -0.2) is 0 Å². The number of halogens is 1. The van der Waals surface area contributed by atoms with Crippen molar-refractivity contribution in [3.05, 3.63) is 22.2 Å². The summed E-state index contributed by atoms with van der Waals surface area (Å²) < 4.78 is 12.5. The molecule has 1 saturated heterocycles. The van der Waals surface area contributed by atoms with E-state index in [0.717, 1.165) is 28.9 Å². The predicted molar refractivity (Wildman–Crippen MR) is 69.9 cm³/mol. The van der Waals surface area contributed by atoms with Crippen LogP contribution in [0.15, 0.2) is 16.6 Å². The molecule has 3 nitrogen and oxygen atoms in total. The van der Waals surface area contributed by atoms with Gasteiger partial charge in [-0.05, 0) is 37.9 Å². The Hall–Kier alpha value is -0.740. The molecule has 1 N–H and O–H groups in total. The van der Waals surface area contributed by atoms with E-state index in [1.807, 2.05) is 6.07 Å². The number of benzene rings is 1. The lowest BCUT2D eigenvalue weighted by atomic mass is 10.0. The average Bonchev–Trinajstić information content (AvgIpc) is 2.86. The summed E-state index contributed by atoms with van der Waals surface area (Å²) >= 11 is 3.62. The zero-order chi connectivity index (χ0) is 11.7. The van der Waals surface area contributed by atoms with Crippen LogP contribution in [0.3, 0.4) is 0 Å². The number of rotatable bonds is 2. The third kappa shape index (κ3) is 2.29. The summed E-state index contributed by atoms with van der Waals surface area (Å²) in [6.07, 6.45) is 3.53. The zero-order valence-electron chi connectivity index (χ0n) is 9.67. The van der Waals surface area contributed by atoms with Gasteiger partial charge in [-0.15, -0.1) is 0 Å². The highest BCUT2D eigenvalue weighted by Gasteiger charge is 2.22. The van der Waals surface area contributed by atoms with Crippen LogP contribution in [0.4, 0.5) is 0 Å². The van der Waals surface area contributed by atoms with Gasteiger partial charge in [0.05, 0.1) is 0 Å². The second kappa shape index (κ2) is 4.86. The average molecular weight is 298 g/mol. The van der Waals surface area contributed by atoms with Crippen molar-refractivity contribution < 1.29 is 9.47 Å². The fourth-order valence-electron chi connectivity index (χ4n) is 2.52. The first-order valence-electron chi connectivity index (χ1n) is 6.15. The maximum atomic E-state index is 5.76. The van der Waals surface area contributed by atoms with Crippen LogP contribution < -0.4 is 14.8 Å². The molecule has 1 atom stereocenters. The van der Waals surface area contributed by atoms with E-state index < -0.39 is 0 Å². The molecule has 2 aliphatic rings. The molecule has 3 rings (SSSR count). The van der Waals surface area contributed by atoms with E-state index in [-0.39, 0.29) is 0 Å². The van der Waals surface area contributed by atoms with E-state index in [1.165, 1.54) is 18.4 Å². The van der Waals surface area contributed by atoms with E-state index in [4.69, 9.17) is 9.47 Å². The Morgan fingerprint density at radius 2 is 2.18 bits per heavy atom. The highest BCUT2D eigenvalue weighted by Crippen LogP contribution is 2.39. The van der Waals surface area contributed by atoms with Crippen molar-refractivity contribution in [3.8, 4) is 11.5 Å². The number of ether oxygens (including phenoxy) is 2. The van der Waals surface area contributed by atoms with Gasteiger partial charge >= 0.3 is 0 Å². The van der Waals surface area contributed by atoms with Crippen molar-refractivity contribution >= 4 is 15.9 Å². The molecule has 0 amide bonds. The first-order valence-corrected chi connectivity index (χ1v) is 6.94. The molecule has 0 aliphatic carbocycles. The molecule has 0 radical (unpaired) electrons. The molecule has 4 heteroatoms. The van der Waals surface area contributed by atoms with Crippen molar-refractivity contribution in [3.63, 3.8) is 0 Å². The first kappa shape index (κ1) is 11.4. The molecule has 92 valence electrons. The van der Waals surface area contributed by atoms with Crippen LogP contribution in [-0.2, 0) is 6.42 Å². The van der Waals surface area contributed by atoms with Crippen LogP contribution in [0.25, 0.3) is 0 Å². The van der Waals surface area contributed by atoms with Crippen LogP contribution >= 0.6 is 15.9 Å². The predicted octanol–water partition coefficient (Wildman–Crippen LogP) is 2.51. The quantitative estimate of drug-likeness (QED) is 0.910. The summed E-state index contributed by atoms with van der Waals surface area (Å²) in [5.74, 6) is 1.81. The highest BCUT2D eigenvalue weighted by molar-refractivity contribution is 9.10. The van der Waals surface area contributed by atoms with Gasteiger partial charge in [0.2, 0.25) is 0 Å². The van der Waals surface area contributed by atoms with Gasteiger partial charge < -0.3 is 14.8 Å². The van der Waals surface area contributed by atoms with Crippen molar-refractivity contribution in [1.29, 1.82) is 0 Å². The maximum Gasteiger partial charge on any atom is 0.165 e. The molecule has 1 fully saturated rings. The number of hydrogen-bond acceptors (Lipinski definition) is 3. The van der Waals surface area contributed by atoms with Crippen LogP contribution in [-0.4, -0.2) is 25.8 Å². The molecule has 17 heavy (non-hydrogen) atoms. The first-order chi connectivity index (χ1) is 8.34. The molecule has 1 unspecified atom stereocenters. The standard InChI is InChI=1S/C13H16BrNO2/c14-11-3-4-12-13(17-7-6-16-12)10(11)8-9-2-1-5-15-9/h3-4,9,15H,1-2,5-8H2. The van der Waals surface area contributed by atoms with E-state index in [0.29, 0.717) is 19.3 Å². The molecule has 2 heterocycles. The van der Waals surface area contributed by atoms with Gasteiger partial charge in [-0.1, -0.05) is 15.9 Å². The number of nitrogens with one attached hydrogen (secondary N) is 1. The van der Waals surface area contributed by atoms with Crippen molar-refractivity contribution in [2.75, 3.05) is 19.8 Å². The van der Waals surface area contributed by atoms with Crippen molar-refractivity contribution in [1.82, 2.24) is 5.32 Å². The van der Waals surface area contributed by atoms with Crippen molar-refractivity contribution in [2.24, 2.45) is 0 Å². The molecule has 1 aromatic carbocycles. The summed E-state index contributed by atoms with van der Waals surface area (Å²) in [5, 5.41) is 3.52. The molecule has 0 spiro atoms. The molecular formula is C13H16BrNO2. The molecule has 2 aliphatic heterocycles. The Bertz CT molecular complexity index is 416. The number of fused-ring (bicyclic) bond motifs is 1. The van der Waals surface area contributed by atoms with Crippen LogP contribution in [0.5, 0.6) is 11.5 Å². The minimum atomic E-state index is 0.573. The largest absolute Gasteiger partial charge is 0.486 e. The summed E-state index contributed by atoms with van der Waals surface area (Å²) in [4.78, 5) is 0. The highest BCUT2D eigenvalue weighted by atomic mass is 79.9. The molecule has 0 bridgehead atoms. The Morgan fingerprint density at radius 3 is 3.00 bits per heavy atom. The van der Waals surface area contributed by atoms with Gasteiger partial charge in [-0.3, -0.25) is 0 Å². The monoisotopic (exact) mass is 297 g/mol. The summed E-state index contributed by atoms with van der Waals surface area (Å²) in [5.41, 5.74) is 1.24. The van der Waals surface area contributed by atoms with Gasteiger partial charge in [0.15, 0.2) is 11.5 Å². The lowest BCUT2D eigenvalue weighted by molar-refractivity contribution is 0.169. The third-order valence-electron chi connectivity index (χ3n) is 3.37. The van der Waals surface area contributed by atoms with Gasteiger partial charge in [-0.2, -0.15) is 0 Å². The topological polar surface area (TPSA) is 30.5 Å². The lowest BCUT2D eigenvalue weighted by Crippen LogP contribution is -2.25. The fourth-order valence-corrected chi connectivity index (χ4v) is 2.99. The summed E-state index contributed by atoms with van der Waals surface area (Å²) in [6.45, 7) is 2.43. The minimum Gasteiger partial charge on any atom is -0.486 e. The molecular weight excluding hydrogens is 282 g/mol. The second-order valence-corrected chi connectivity index (χ2v) is 5.40. The van der Waals surface area contributed by atoms with Crippen LogP contribution in [0, 0.1) is 0 Å². The van der Waals surface area contributed by atoms with E-state index in [9.17, 15) is 0 Å². The Kier molecular flexibility index (Phi) is 3.25. The third-order valence-corrected chi connectivity index (χ3v) is 4.11. The van der Waals surface area contributed by atoms with Crippen LogP contribution in [0.2, 0.25) is 0 Å².